The van der Waals surface area contributed by atoms with Crippen LogP contribution in [0.25, 0.3) is 23.1 Å². The molecule has 1 aromatic carbocycles. The van der Waals surface area contributed by atoms with Crippen LogP contribution in [0.4, 0.5) is 0 Å². The summed E-state index contributed by atoms with van der Waals surface area (Å²) < 4.78 is 0. The van der Waals surface area contributed by atoms with E-state index < -0.39 is 0 Å². The van der Waals surface area contributed by atoms with Crippen LogP contribution in [0.3, 0.4) is 0 Å². The van der Waals surface area contributed by atoms with Crippen molar-refractivity contribution in [2.75, 3.05) is 0 Å². The third-order valence-corrected chi connectivity index (χ3v) is 2.54. The molecule has 0 aliphatic heterocycles. The lowest BCUT2D eigenvalue weighted by molar-refractivity contribution is 1.26. The average molecular weight is 249 g/mol. The predicted molar refractivity (Wildman–Crippen MR) is 80.5 cm³/mol. The molecule has 0 spiro atoms. The Balaban J connectivity index is 0.000000141. The summed E-state index contributed by atoms with van der Waals surface area (Å²) in [5.41, 5.74) is 1.98. The molecule has 94 valence electrons. The number of para-hydroxylation sites is 1. The molecule has 0 saturated carbocycles. The largest absolute Gasteiger partial charge is 0.339 e. The highest BCUT2D eigenvalue weighted by Crippen LogP contribution is 2.07. The van der Waals surface area contributed by atoms with Gasteiger partial charge in [0.05, 0.1) is 17.4 Å². The second kappa shape index (κ2) is 6.31. The average Bonchev–Trinajstić information content (AvgIpc) is 2.96. The molecule has 0 unspecified atom stereocenters. The van der Waals surface area contributed by atoms with Gasteiger partial charge in [-0.15, -0.1) is 0 Å². The Hall–Kier alpha value is -2.68. The second-order valence-corrected chi connectivity index (χ2v) is 3.83. The van der Waals surface area contributed by atoms with Crippen LogP contribution in [0.2, 0.25) is 0 Å². The third-order valence-electron chi connectivity index (χ3n) is 2.54. The van der Waals surface area contributed by atoms with Crippen LogP contribution in [0.15, 0.2) is 61.9 Å². The number of aromatic nitrogens is 3. The van der Waals surface area contributed by atoms with Crippen molar-refractivity contribution in [2.45, 2.75) is 0 Å². The van der Waals surface area contributed by atoms with Gasteiger partial charge in [0.1, 0.15) is 5.82 Å². The summed E-state index contributed by atoms with van der Waals surface area (Å²) in [6.45, 7) is 7.12. The maximum Gasteiger partial charge on any atom is 0.129 e. The molecule has 2 heterocycles. The number of aromatic amines is 1. The molecule has 2 aromatic heterocycles. The summed E-state index contributed by atoms with van der Waals surface area (Å²) in [5.74, 6) is 0.782. The van der Waals surface area contributed by atoms with Crippen molar-refractivity contribution in [1.29, 1.82) is 0 Å². The van der Waals surface area contributed by atoms with Gasteiger partial charge >= 0.3 is 0 Å². The van der Waals surface area contributed by atoms with Gasteiger partial charge < -0.3 is 4.98 Å². The first kappa shape index (κ1) is 12.8. The maximum absolute atomic E-state index is 4.18. The minimum absolute atomic E-state index is 0.782. The summed E-state index contributed by atoms with van der Waals surface area (Å²) in [4.78, 5) is 11.1. The Morgan fingerprint density at radius 1 is 0.947 bits per heavy atom. The van der Waals surface area contributed by atoms with Gasteiger partial charge in [0.2, 0.25) is 0 Å². The maximum atomic E-state index is 4.18. The van der Waals surface area contributed by atoms with Crippen LogP contribution in [0.1, 0.15) is 11.5 Å². The molecular formula is C16H15N3. The van der Waals surface area contributed by atoms with E-state index in [4.69, 9.17) is 0 Å². The van der Waals surface area contributed by atoms with Gasteiger partial charge in [-0.3, -0.25) is 4.98 Å². The Kier molecular flexibility index (Phi) is 4.24. The monoisotopic (exact) mass is 249 g/mol. The van der Waals surface area contributed by atoms with Crippen molar-refractivity contribution in [3.63, 3.8) is 0 Å². The van der Waals surface area contributed by atoms with E-state index in [1.54, 1.807) is 18.3 Å². The number of nitrogens with zero attached hydrogens (tertiary/aromatic N) is 2. The van der Waals surface area contributed by atoms with Crippen molar-refractivity contribution in [2.24, 2.45) is 0 Å². The Bertz CT molecular complexity index is 595. The van der Waals surface area contributed by atoms with Gasteiger partial charge in [0.15, 0.2) is 0 Å². The van der Waals surface area contributed by atoms with Crippen molar-refractivity contribution in [1.82, 2.24) is 15.0 Å². The third kappa shape index (κ3) is 3.39. The fourth-order valence-electron chi connectivity index (χ4n) is 1.58. The number of benzene rings is 1. The van der Waals surface area contributed by atoms with E-state index >= 15 is 0 Å². The number of imidazole rings is 1. The zero-order valence-corrected chi connectivity index (χ0v) is 10.6. The van der Waals surface area contributed by atoms with Crippen LogP contribution in [-0.4, -0.2) is 15.0 Å². The number of nitrogens with one attached hydrogen (secondary N) is 1. The lowest BCUT2D eigenvalue weighted by Crippen LogP contribution is -1.73. The van der Waals surface area contributed by atoms with E-state index in [1.807, 2.05) is 30.5 Å². The van der Waals surface area contributed by atoms with Crippen molar-refractivity contribution in [3.05, 3.63) is 73.5 Å². The molecular weight excluding hydrogens is 234 g/mol. The molecule has 0 bridgehead atoms. The standard InChI is InChI=1S/C9H7N.C7H8N2/c1-2-6-9-8(4-1)5-3-7-10-9;1-3-6-5-8-7(4-2)9-6/h1-7H;3-5H,1-2H2,(H,8,9). The predicted octanol–water partition coefficient (Wildman–Crippen LogP) is 3.93. The molecule has 3 aromatic rings. The van der Waals surface area contributed by atoms with Crippen molar-refractivity contribution in [3.8, 4) is 0 Å². The van der Waals surface area contributed by atoms with Gasteiger partial charge in [-0.2, -0.15) is 0 Å². The lowest BCUT2D eigenvalue weighted by Gasteiger charge is -1.91. The molecule has 0 atom stereocenters. The summed E-state index contributed by atoms with van der Waals surface area (Å²) in [7, 11) is 0. The first-order valence-corrected chi connectivity index (χ1v) is 5.93. The number of rotatable bonds is 2. The second-order valence-electron chi connectivity index (χ2n) is 3.83. The molecule has 0 fully saturated rings. The molecule has 0 aliphatic carbocycles. The first-order chi connectivity index (χ1) is 9.33. The first-order valence-electron chi connectivity index (χ1n) is 5.93. The van der Waals surface area contributed by atoms with Crippen LogP contribution >= 0.6 is 0 Å². The topological polar surface area (TPSA) is 41.6 Å². The Morgan fingerprint density at radius 3 is 2.37 bits per heavy atom. The zero-order chi connectivity index (χ0) is 13.5. The van der Waals surface area contributed by atoms with Gasteiger partial charge in [-0.1, -0.05) is 37.4 Å². The van der Waals surface area contributed by atoms with E-state index in [-0.39, 0.29) is 0 Å². The van der Waals surface area contributed by atoms with E-state index in [0.717, 1.165) is 17.0 Å². The van der Waals surface area contributed by atoms with E-state index in [0.29, 0.717) is 0 Å². The fourth-order valence-corrected chi connectivity index (χ4v) is 1.58. The summed E-state index contributed by atoms with van der Waals surface area (Å²) >= 11 is 0. The SMILES string of the molecule is C=Cc1cnc(C=C)[nH]1.c1ccc2ncccc2c1. The number of hydrogen-bond donors (Lipinski definition) is 1. The minimum Gasteiger partial charge on any atom is -0.339 e. The van der Waals surface area contributed by atoms with E-state index in [9.17, 15) is 0 Å². The van der Waals surface area contributed by atoms with Gasteiger partial charge in [-0.25, -0.2) is 4.98 Å². The van der Waals surface area contributed by atoms with Crippen LogP contribution in [0.5, 0.6) is 0 Å². The molecule has 0 aliphatic rings. The number of H-pyrrole nitrogens is 1. The highest BCUT2D eigenvalue weighted by atomic mass is 14.9. The van der Waals surface area contributed by atoms with Gasteiger partial charge in [0, 0.05) is 11.6 Å². The molecule has 3 nitrogen and oxygen atoms in total. The molecule has 3 heteroatoms. The van der Waals surface area contributed by atoms with E-state index in [2.05, 4.69) is 40.2 Å². The minimum atomic E-state index is 0.782. The highest BCUT2D eigenvalue weighted by Gasteiger charge is 1.89. The van der Waals surface area contributed by atoms with Gasteiger partial charge in [-0.05, 0) is 24.3 Å². The van der Waals surface area contributed by atoms with Crippen LogP contribution in [-0.2, 0) is 0 Å². The molecule has 0 saturated heterocycles. The molecule has 3 rings (SSSR count). The number of pyridine rings is 1. The Morgan fingerprint density at radius 2 is 1.74 bits per heavy atom. The normalized spacial score (nSPS) is 9.47. The molecule has 1 N–H and O–H groups in total. The van der Waals surface area contributed by atoms with Crippen LogP contribution < -0.4 is 0 Å². The number of hydrogen-bond acceptors (Lipinski definition) is 2. The molecule has 0 radical (unpaired) electrons. The zero-order valence-electron chi connectivity index (χ0n) is 10.6. The fraction of sp³-hybridized carbons (Fsp3) is 0. The summed E-state index contributed by atoms with van der Waals surface area (Å²) in [6, 6.07) is 12.1. The summed E-state index contributed by atoms with van der Waals surface area (Å²) in [5, 5.41) is 1.20. The molecule has 0 amide bonds. The van der Waals surface area contributed by atoms with Crippen LogP contribution in [0, 0.1) is 0 Å². The van der Waals surface area contributed by atoms with Crippen molar-refractivity contribution >= 4 is 23.1 Å². The smallest absolute Gasteiger partial charge is 0.129 e. The summed E-state index contributed by atoms with van der Waals surface area (Å²) in [6.07, 6.45) is 6.89. The lowest BCUT2D eigenvalue weighted by atomic mass is 10.2. The highest BCUT2D eigenvalue weighted by molar-refractivity contribution is 5.77. The van der Waals surface area contributed by atoms with Crippen molar-refractivity contribution < 1.29 is 0 Å². The number of fused-ring (bicyclic) bond motifs is 1. The Labute approximate surface area is 112 Å². The van der Waals surface area contributed by atoms with Gasteiger partial charge in [0.25, 0.3) is 0 Å². The van der Waals surface area contributed by atoms with E-state index in [1.165, 1.54) is 5.39 Å². The quantitative estimate of drug-likeness (QED) is 0.747. The molecule has 19 heavy (non-hydrogen) atoms.